The SMILES string of the molecule is CCN(CC)C(=O)C(C)NCC(O)C1CC1. The van der Waals surface area contributed by atoms with Crippen LogP contribution in [-0.2, 0) is 4.79 Å². The van der Waals surface area contributed by atoms with Crippen molar-refractivity contribution < 1.29 is 9.90 Å². The molecule has 2 N–H and O–H groups in total. The van der Waals surface area contributed by atoms with Crippen LogP contribution in [0.15, 0.2) is 0 Å². The third-order valence-corrected chi connectivity index (χ3v) is 3.24. The molecule has 1 aliphatic rings. The van der Waals surface area contributed by atoms with Gasteiger partial charge in [0.1, 0.15) is 0 Å². The highest BCUT2D eigenvalue weighted by Gasteiger charge is 2.30. The van der Waals surface area contributed by atoms with Crippen molar-refractivity contribution in [3.05, 3.63) is 0 Å². The number of carbonyl (C=O) groups is 1. The molecule has 4 nitrogen and oxygen atoms in total. The van der Waals surface area contributed by atoms with Gasteiger partial charge < -0.3 is 15.3 Å². The summed E-state index contributed by atoms with van der Waals surface area (Å²) < 4.78 is 0. The van der Waals surface area contributed by atoms with Gasteiger partial charge in [0.05, 0.1) is 12.1 Å². The molecule has 1 fully saturated rings. The van der Waals surface area contributed by atoms with Crippen LogP contribution in [0.2, 0.25) is 0 Å². The Hall–Kier alpha value is -0.610. The Labute approximate surface area is 98.0 Å². The summed E-state index contributed by atoms with van der Waals surface area (Å²) in [7, 11) is 0. The standard InChI is InChI=1S/C12H24N2O2/c1-4-14(5-2)12(16)9(3)13-8-11(15)10-6-7-10/h9-11,13,15H,4-8H2,1-3H3. The van der Waals surface area contributed by atoms with Crippen molar-refractivity contribution in [1.29, 1.82) is 0 Å². The van der Waals surface area contributed by atoms with E-state index >= 15 is 0 Å². The Bertz CT molecular complexity index is 225. The lowest BCUT2D eigenvalue weighted by Crippen LogP contribution is -2.47. The molecule has 0 spiro atoms. The molecule has 0 heterocycles. The van der Waals surface area contributed by atoms with Crippen LogP contribution in [0.4, 0.5) is 0 Å². The second-order valence-electron chi connectivity index (χ2n) is 4.55. The highest BCUT2D eigenvalue weighted by molar-refractivity contribution is 5.81. The van der Waals surface area contributed by atoms with Crippen molar-refractivity contribution in [2.45, 2.75) is 45.8 Å². The zero-order valence-corrected chi connectivity index (χ0v) is 10.6. The third kappa shape index (κ3) is 3.76. The summed E-state index contributed by atoms with van der Waals surface area (Å²) in [5.41, 5.74) is 0. The zero-order chi connectivity index (χ0) is 12.1. The first-order valence-electron chi connectivity index (χ1n) is 6.30. The fourth-order valence-electron chi connectivity index (χ4n) is 1.84. The van der Waals surface area contributed by atoms with Crippen LogP contribution in [0.25, 0.3) is 0 Å². The second kappa shape index (κ2) is 6.21. The van der Waals surface area contributed by atoms with E-state index in [0.29, 0.717) is 12.5 Å². The molecule has 1 amide bonds. The summed E-state index contributed by atoms with van der Waals surface area (Å²) in [6.45, 7) is 7.83. The number of likely N-dealkylation sites (N-methyl/N-ethyl adjacent to an activating group) is 1. The Morgan fingerprint density at radius 3 is 2.44 bits per heavy atom. The maximum atomic E-state index is 11.9. The maximum Gasteiger partial charge on any atom is 0.239 e. The van der Waals surface area contributed by atoms with Gasteiger partial charge in [-0.1, -0.05) is 0 Å². The van der Waals surface area contributed by atoms with Crippen LogP contribution in [0.1, 0.15) is 33.6 Å². The van der Waals surface area contributed by atoms with Gasteiger partial charge in [-0.05, 0) is 39.5 Å². The van der Waals surface area contributed by atoms with Crippen LogP contribution < -0.4 is 5.32 Å². The first-order chi connectivity index (χ1) is 7.60. The van der Waals surface area contributed by atoms with E-state index in [-0.39, 0.29) is 18.1 Å². The second-order valence-corrected chi connectivity index (χ2v) is 4.55. The topological polar surface area (TPSA) is 52.6 Å². The lowest BCUT2D eigenvalue weighted by atomic mass is 10.2. The molecule has 0 saturated heterocycles. The van der Waals surface area contributed by atoms with Crippen LogP contribution in [0, 0.1) is 5.92 Å². The lowest BCUT2D eigenvalue weighted by Gasteiger charge is -2.24. The quantitative estimate of drug-likeness (QED) is 0.671. The third-order valence-electron chi connectivity index (χ3n) is 3.24. The van der Waals surface area contributed by atoms with E-state index in [1.807, 2.05) is 20.8 Å². The highest BCUT2D eigenvalue weighted by Crippen LogP contribution is 2.32. The Balaban J connectivity index is 2.26. The number of nitrogens with one attached hydrogen (secondary N) is 1. The number of rotatable bonds is 7. The van der Waals surface area contributed by atoms with Gasteiger partial charge >= 0.3 is 0 Å². The van der Waals surface area contributed by atoms with Gasteiger partial charge in [-0.2, -0.15) is 0 Å². The number of hydrogen-bond donors (Lipinski definition) is 2. The van der Waals surface area contributed by atoms with Gasteiger partial charge in [0, 0.05) is 19.6 Å². The largest absolute Gasteiger partial charge is 0.392 e. The van der Waals surface area contributed by atoms with Crippen molar-refractivity contribution in [3.63, 3.8) is 0 Å². The van der Waals surface area contributed by atoms with E-state index in [9.17, 15) is 9.90 Å². The van der Waals surface area contributed by atoms with Crippen LogP contribution >= 0.6 is 0 Å². The molecule has 1 aliphatic carbocycles. The smallest absolute Gasteiger partial charge is 0.239 e. The minimum Gasteiger partial charge on any atom is -0.392 e. The molecular formula is C12H24N2O2. The molecule has 0 aromatic rings. The normalized spacial score (nSPS) is 19.2. The van der Waals surface area contributed by atoms with Crippen LogP contribution in [0.3, 0.4) is 0 Å². The predicted octanol–water partition coefficient (Wildman–Crippen LogP) is 0.604. The van der Waals surface area contributed by atoms with E-state index in [2.05, 4.69) is 5.32 Å². The molecule has 2 atom stereocenters. The number of aliphatic hydroxyl groups excluding tert-OH is 1. The van der Waals surface area contributed by atoms with Gasteiger partial charge in [-0.25, -0.2) is 0 Å². The summed E-state index contributed by atoms with van der Waals surface area (Å²) in [5.74, 6) is 0.580. The molecule has 4 heteroatoms. The Morgan fingerprint density at radius 2 is 2.00 bits per heavy atom. The molecule has 1 rings (SSSR count). The van der Waals surface area contributed by atoms with Crippen molar-refractivity contribution in [3.8, 4) is 0 Å². The van der Waals surface area contributed by atoms with Crippen molar-refractivity contribution in [2.24, 2.45) is 5.92 Å². The van der Waals surface area contributed by atoms with E-state index in [1.54, 1.807) is 4.90 Å². The predicted molar refractivity (Wildman–Crippen MR) is 64.1 cm³/mol. The van der Waals surface area contributed by atoms with Crippen LogP contribution in [-0.4, -0.2) is 47.7 Å². The van der Waals surface area contributed by atoms with Gasteiger partial charge in [0.15, 0.2) is 0 Å². The molecular weight excluding hydrogens is 204 g/mol. The molecule has 0 radical (unpaired) electrons. The number of hydrogen-bond acceptors (Lipinski definition) is 3. The summed E-state index contributed by atoms with van der Waals surface area (Å²) in [6, 6.07) is -0.201. The number of aliphatic hydroxyl groups is 1. The molecule has 0 aromatic carbocycles. The molecule has 94 valence electrons. The summed E-state index contributed by atoms with van der Waals surface area (Å²) in [5, 5.41) is 12.8. The summed E-state index contributed by atoms with van der Waals surface area (Å²) in [4.78, 5) is 13.7. The zero-order valence-electron chi connectivity index (χ0n) is 10.6. The average Bonchev–Trinajstić information content (AvgIpc) is 3.10. The molecule has 0 bridgehead atoms. The fraction of sp³-hybridized carbons (Fsp3) is 0.917. The number of carbonyl (C=O) groups excluding carboxylic acids is 1. The summed E-state index contributed by atoms with van der Waals surface area (Å²) in [6.07, 6.45) is 1.97. The van der Waals surface area contributed by atoms with Gasteiger partial charge in [0.25, 0.3) is 0 Å². The van der Waals surface area contributed by atoms with Gasteiger partial charge in [0.2, 0.25) is 5.91 Å². The van der Waals surface area contributed by atoms with Gasteiger partial charge in [-0.3, -0.25) is 4.79 Å². The van der Waals surface area contributed by atoms with Crippen molar-refractivity contribution in [1.82, 2.24) is 10.2 Å². The van der Waals surface area contributed by atoms with E-state index in [4.69, 9.17) is 0 Å². The minimum atomic E-state index is -0.285. The summed E-state index contributed by atoms with van der Waals surface area (Å²) >= 11 is 0. The minimum absolute atomic E-state index is 0.119. The highest BCUT2D eigenvalue weighted by atomic mass is 16.3. The van der Waals surface area contributed by atoms with Crippen LogP contribution in [0.5, 0.6) is 0 Å². The van der Waals surface area contributed by atoms with Crippen molar-refractivity contribution >= 4 is 5.91 Å². The maximum absolute atomic E-state index is 11.9. The Kier molecular flexibility index (Phi) is 5.22. The van der Waals surface area contributed by atoms with E-state index in [0.717, 1.165) is 25.9 Å². The van der Waals surface area contributed by atoms with E-state index < -0.39 is 0 Å². The monoisotopic (exact) mass is 228 g/mol. The first kappa shape index (κ1) is 13.5. The Morgan fingerprint density at radius 1 is 1.44 bits per heavy atom. The average molecular weight is 228 g/mol. The fourth-order valence-corrected chi connectivity index (χ4v) is 1.84. The molecule has 2 unspecified atom stereocenters. The number of nitrogens with zero attached hydrogens (tertiary/aromatic N) is 1. The molecule has 0 aliphatic heterocycles. The van der Waals surface area contributed by atoms with Crippen molar-refractivity contribution in [2.75, 3.05) is 19.6 Å². The lowest BCUT2D eigenvalue weighted by molar-refractivity contribution is -0.132. The molecule has 0 aromatic heterocycles. The molecule has 16 heavy (non-hydrogen) atoms. The number of amides is 1. The first-order valence-corrected chi connectivity index (χ1v) is 6.30. The van der Waals surface area contributed by atoms with Gasteiger partial charge in [-0.15, -0.1) is 0 Å². The molecule has 1 saturated carbocycles. The van der Waals surface area contributed by atoms with E-state index in [1.165, 1.54) is 0 Å².